The van der Waals surface area contributed by atoms with Crippen LogP contribution in [0.25, 0.3) is 0 Å². The van der Waals surface area contributed by atoms with Crippen LogP contribution in [0.3, 0.4) is 0 Å². The molecule has 1 fully saturated rings. The summed E-state index contributed by atoms with van der Waals surface area (Å²) < 4.78 is 13.2. The molecule has 1 aromatic carbocycles. The number of benzene rings is 1. The van der Waals surface area contributed by atoms with E-state index in [9.17, 15) is 14.0 Å². The summed E-state index contributed by atoms with van der Waals surface area (Å²) in [5.74, 6) is -0.298. The van der Waals surface area contributed by atoms with E-state index >= 15 is 0 Å². The van der Waals surface area contributed by atoms with Crippen LogP contribution < -0.4 is 5.32 Å². The Hall–Kier alpha value is -1.91. The van der Waals surface area contributed by atoms with Crippen molar-refractivity contribution in [2.45, 2.75) is 46.2 Å². The van der Waals surface area contributed by atoms with E-state index in [0.717, 1.165) is 12.0 Å². The van der Waals surface area contributed by atoms with Crippen molar-refractivity contribution in [1.82, 2.24) is 10.2 Å². The minimum atomic E-state index is -0.434. The predicted octanol–water partition coefficient (Wildman–Crippen LogP) is 2.40. The summed E-state index contributed by atoms with van der Waals surface area (Å²) in [6, 6.07) is 4.35. The molecule has 1 atom stereocenters. The molecule has 0 unspecified atom stereocenters. The fraction of sp³-hybridized carbons (Fsp3) is 0.529. The molecule has 0 bridgehead atoms. The molecule has 22 heavy (non-hydrogen) atoms. The lowest BCUT2D eigenvalue weighted by atomic mass is 10.0. The molecular formula is C17H23FN2O2. The highest BCUT2D eigenvalue weighted by Gasteiger charge is 2.34. The van der Waals surface area contributed by atoms with Crippen molar-refractivity contribution >= 4 is 11.8 Å². The number of carbonyl (C=O) groups is 2. The quantitative estimate of drug-likeness (QED) is 0.908. The van der Waals surface area contributed by atoms with Crippen LogP contribution in [0.5, 0.6) is 0 Å². The van der Waals surface area contributed by atoms with E-state index in [1.165, 1.54) is 6.07 Å². The highest BCUT2D eigenvalue weighted by atomic mass is 19.1. The molecule has 1 N–H and O–H groups in total. The first kappa shape index (κ1) is 16.5. The number of halogens is 1. The number of hydrogen-bond acceptors (Lipinski definition) is 2. The van der Waals surface area contributed by atoms with Crippen molar-refractivity contribution in [2.75, 3.05) is 6.54 Å². The molecule has 1 heterocycles. The minimum Gasteiger partial charge on any atom is -0.350 e. The maximum absolute atomic E-state index is 13.2. The van der Waals surface area contributed by atoms with E-state index in [4.69, 9.17) is 0 Å². The van der Waals surface area contributed by atoms with Crippen LogP contribution in [0, 0.1) is 18.7 Å². The van der Waals surface area contributed by atoms with Crippen LogP contribution >= 0.6 is 0 Å². The summed E-state index contributed by atoms with van der Waals surface area (Å²) >= 11 is 0. The molecule has 1 aliphatic rings. The molecule has 1 aliphatic heterocycles. The molecule has 2 rings (SSSR count). The zero-order chi connectivity index (χ0) is 16.3. The Balaban J connectivity index is 2.02. The van der Waals surface area contributed by atoms with Crippen LogP contribution in [-0.4, -0.2) is 29.3 Å². The molecule has 5 heteroatoms. The number of amides is 2. The molecule has 120 valence electrons. The minimum absolute atomic E-state index is 0.0477. The Morgan fingerprint density at radius 1 is 1.41 bits per heavy atom. The van der Waals surface area contributed by atoms with Gasteiger partial charge in [-0.2, -0.15) is 0 Å². The van der Waals surface area contributed by atoms with E-state index < -0.39 is 6.04 Å². The van der Waals surface area contributed by atoms with Gasteiger partial charge in [0.05, 0.1) is 0 Å². The van der Waals surface area contributed by atoms with Gasteiger partial charge >= 0.3 is 0 Å². The highest BCUT2D eigenvalue weighted by molar-refractivity contribution is 5.88. The van der Waals surface area contributed by atoms with Gasteiger partial charge in [0.1, 0.15) is 11.9 Å². The third-order valence-corrected chi connectivity index (χ3v) is 4.03. The lowest BCUT2D eigenvalue weighted by Gasteiger charge is -2.29. The highest BCUT2D eigenvalue weighted by Crippen LogP contribution is 2.19. The maximum Gasteiger partial charge on any atom is 0.243 e. The van der Waals surface area contributed by atoms with Gasteiger partial charge in [-0.1, -0.05) is 26.0 Å². The number of carbonyl (C=O) groups excluding carboxylic acids is 2. The summed E-state index contributed by atoms with van der Waals surface area (Å²) in [5, 5.41) is 2.87. The normalized spacial score (nSPS) is 16.2. The standard InChI is InChI=1S/C17H23FN2O2/c1-11(2)16(20-8-4-5-15(20)21)17(22)19-10-13-6-7-14(18)12(3)9-13/h6-7,9,11,16H,4-5,8,10H2,1-3H3,(H,19,22)/t16-/m0/s1. The fourth-order valence-electron chi connectivity index (χ4n) is 2.88. The summed E-state index contributed by atoms with van der Waals surface area (Å²) in [4.78, 5) is 26.0. The second-order valence-electron chi connectivity index (χ2n) is 6.18. The first-order valence-electron chi connectivity index (χ1n) is 7.72. The zero-order valence-corrected chi connectivity index (χ0v) is 13.4. The van der Waals surface area contributed by atoms with E-state index in [1.54, 1.807) is 24.0 Å². The SMILES string of the molecule is Cc1cc(CNC(=O)[C@H](C(C)C)N2CCCC2=O)ccc1F. The second-order valence-corrected chi connectivity index (χ2v) is 6.18. The third-order valence-electron chi connectivity index (χ3n) is 4.03. The number of nitrogens with one attached hydrogen (secondary N) is 1. The first-order valence-corrected chi connectivity index (χ1v) is 7.72. The topological polar surface area (TPSA) is 49.4 Å². The average molecular weight is 306 g/mol. The molecule has 0 radical (unpaired) electrons. The molecule has 0 aliphatic carbocycles. The number of hydrogen-bond donors (Lipinski definition) is 1. The van der Waals surface area contributed by atoms with Crippen molar-refractivity contribution in [2.24, 2.45) is 5.92 Å². The van der Waals surface area contributed by atoms with Gasteiger partial charge in [0.25, 0.3) is 0 Å². The summed E-state index contributed by atoms with van der Waals surface area (Å²) in [6.07, 6.45) is 1.33. The van der Waals surface area contributed by atoms with Crippen molar-refractivity contribution in [3.05, 3.63) is 35.1 Å². The Morgan fingerprint density at radius 3 is 2.68 bits per heavy atom. The van der Waals surface area contributed by atoms with Crippen molar-refractivity contribution in [3.63, 3.8) is 0 Å². The predicted molar refractivity (Wildman–Crippen MR) is 82.6 cm³/mol. The van der Waals surface area contributed by atoms with Gasteiger partial charge in [0.15, 0.2) is 0 Å². The lowest BCUT2D eigenvalue weighted by Crippen LogP contribution is -2.50. The van der Waals surface area contributed by atoms with Crippen LogP contribution in [0.1, 0.15) is 37.8 Å². The molecule has 0 spiro atoms. The number of nitrogens with zero attached hydrogens (tertiary/aromatic N) is 1. The van der Waals surface area contributed by atoms with Crippen LogP contribution in [-0.2, 0) is 16.1 Å². The average Bonchev–Trinajstić information content (AvgIpc) is 2.86. The molecular weight excluding hydrogens is 283 g/mol. The van der Waals surface area contributed by atoms with E-state index in [-0.39, 0.29) is 23.5 Å². The van der Waals surface area contributed by atoms with Gasteiger partial charge in [0, 0.05) is 19.5 Å². The smallest absolute Gasteiger partial charge is 0.243 e. The number of aryl methyl sites for hydroxylation is 1. The Kier molecular flexibility index (Phi) is 5.16. The number of likely N-dealkylation sites (tertiary alicyclic amines) is 1. The van der Waals surface area contributed by atoms with Crippen molar-refractivity contribution < 1.29 is 14.0 Å². The van der Waals surface area contributed by atoms with Gasteiger partial charge in [-0.05, 0) is 36.5 Å². The fourth-order valence-corrected chi connectivity index (χ4v) is 2.88. The van der Waals surface area contributed by atoms with Crippen LogP contribution in [0.2, 0.25) is 0 Å². The third kappa shape index (κ3) is 3.64. The molecule has 1 saturated heterocycles. The largest absolute Gasteiger partial charge is 0.350 e. The maximum atomic E-state index is 13.2. The van der Waals surface area contributed by atoms with Gasteiger partial charge in [0.2, 0.25) is 11.8 Å². The molecule has 2 amide bonds. The van der Waals surface area contributed by atoms with Crippen molar-refractivity contribution in [3.8, 4) is 0 Å². The summed E-state index contributed by atoms with van der Waals surface area (Å²) in [7, 11) is 0. The Bertz CT molecular complexity index is 572. The summed E-state index contributed by atoms with van der Waals surface area (Å²) in [5.41, 5.74) is 1.41. The van der Waals surface area contributed by atoms with Crippen molar-refractivity contribution in [1.29, 1.82) is 0 Å². The zero-order valence-electron chi connectivity index (χ0n) is 13.4. The summed E-state index contributed by atoms with van der Waals surface area (Å²) in [6.45, 7) is 6.56. The molecule has 1 aromatic rings. The van der Waals surface area contributed by atoms with Gasteiger partial charge < -0.3 is 10.2 Å². The van der Waals surface area contributed by atoms with Crippen LogP contribution in [0.4, 0.5) is 4.39 Å². The first-order chi connectivity index (χ1) is 10.4. The van der Waals surface area contributed by atoms with Gasteiger partial charge in [-0.3, -0.25) is 9.59 Å². The van der Waals surface area contributed by atoms with E-state index in [0.29, 0.717) is 25.1 Å². The Labute approximate surface area is 130 Å². The monoisotopic (exact) mass is 306 g/mol. The number of rotatable bonds is 5. The Morgan fingerprint density at radius 2 is 2.14 bits per heavy atom. The molecule has 0 aromatic heterocycles. The van der Waals surface area contributed by atoms with E-state index in [2.05, 4.69) is 5.32 Å². The molecule has 4 nitrogen and oxygen atoms in total. The van der Waals surface area contributed by atoms with Crippen LogP contribution in [0.15, 0.2) is 18.2 Å². The second kappa shape index (κ2) is 6.90. The van der Waals surface area contributed by atoms with E-state index in [1.807, 2.05) is 13.8 Å². The van der Waals surface area contributed by atoms with Gasteiger partial charge in [-0.25, -0.2) is 4.39 Å². The lowest BCUT2D eigenvalue weighted by molar-refractivity contribution is -0.139. The molecule has 0 saturated carbocycles. The van der Waals surface area contributed by atoms with Gasteiger partial charge in [-0.15, -0.1) is 0 Å².